The van der Waals surface area contributed by atoms with Gasteiger partial charge in [0.1, 0.15) is 5.75 Å². The molecule has 0 atom stereocenters. The van der Waals surface area contributed by atoms with E-state index in [0.29, 0.717) is 24.4 Å². The summed E-state index contributed by atoms with van der Waals surface area (Å²) in [6, 6.07) is 24.8. The van der Waals surface area contributed by atoms with Crippen molar-refractivity contribution in [2.75, 3.05) is 29.1 Å². The maximum absolute atomic E-state index is 12.2. The third kappa shape index (κ3) is 7.51. The molecule has 0 saturated carbocycles. The van der Waals surface area contributed by atoms with E-state index in [2.05, 4.69) is 28.1 Å². The molecule has 0 aromatic heterocycles. The highest BCUT2D eigenvalue weighted by Crippen LogP contribution is 2.17. The Balaban J connectivity index is 1.42. The molecule has 2 amide bonds. The predicted octanol–water partition coefficient (Wildman–Crippen LogP) is 4.71. The average molecular weight is 418 g/mol. The predicted molar refractivity (Wildman–Crippen MR) is 125 cm³/mol. The third-order valence-corrected chi connectivity index (χ3v) is 4.56. The van der Waals surface area contributed by atoms with Gasteiger partial charge in [-0.2, -0.15) is 0 Å². The summed E-state index contributed by atoms with van der Waals surface area (Å²) >= 11 is 0. The lowest BCUT2D eigenvalue weighted by Gasteiger charge is -2.11. The highest BCUT2D eigenvalue weighted by atomic mass is 16.5. The number of nitrogens with one attached hydrogen (secondary N) is 3. The molecule has 3 N–H and O–H groups in total. The number of carbonyl (C=O) groups is 2. The van der Waals surface area contributed by atoms with Gasteiger partial charge in [-0.05, 0) is 48.0 Å². The quantitative estimate of drug-likeness (QED) is 0.446. The second kappa shape index (κ2) is 11.4. The second-order valence-electron chi connectivity index (χ2n) is 6.99. The normalized spacial score (nSPS) is 10.2. The van der Waals surface area contributed by atoms with Crippen molar-refractivity contribution in [3.05, 3.63) is 84.4 Å². The van der Waals surface area contributed by atoms with Gasteiger partial charge in [0.25, 0.3) is 0 Å². The lowest BCUT2D eigenvalue weighted by molar-refractivity contribution is -0.116. The van der Waals surface area contributed by atoms with Crippen LogP contribution in [0.5, 0.6) is 5.75 Å². The first-order valence-corrected chi connectivity index (χ1v) is 10.3. The Bertz CT molecular complexity index is 988. The first-order valence-electron chi connectivity index (χ1n) is 10.3. The number of amides is 2. The zero-order chi connectivity index (χ0) is 21.9. The fraction of sp³-hybridized carbons (Fsp3) is 0.200. The molecule has 0 bridgehead atoms. The molecule has 0 aliphatic carbocycles. The average Bonchev–Trinajstić information content (AvgIpc) is 2.80. The molecule has 0 spiro atoms. The van der Waals surface area contributed by atoms with E-state index >= 15 is 0 Å². The van der Waals surface area contributed by atoms with Crippen LogP contribution in [0.1, 0.15) is 18.9 Å². The fourth-order valence-electron chi connectivity index (χ4n) is 2.91. The first kappa shape index (κ1) is 21.9. The molecule has 160 valence electrons. The summed E-state index contributed by atoms with van der Waals surface area (Å²) in [5, 5.41) is 8.71. The Morgan fingerprint density at radius 1 is 0.774 bits per heavy atom. The van der Waals surface area contributed by atoms with Gasteiger partial charge in [0.15, 0.2) is 0 Å². The van der Waals surface area contributed by atoms with Crippen LogP contribution in [-0.4, -0.2) is 25.0 Å². The van der Waals surface area contributed by atoms with Gasteiger partial charge < -0.3 is 20.7 Å². The molecule has 0 unspecified atom stereocenters. The van der Waals surface area contributed by atoms with E-state index in [4.69, 9.17) is 4.74 Å². The zero-order valence-electron chi connectivity index (χ0n) is 17.6. The van der Waals surface area contributed by atoms with Crippen molar-refractivity contribution in [2.45, 2.75) is 19.8 Å². The smallest absolute Gasteiger partial charge is 0.243 e. The summed E-state index contributed by atoms with van der Waals surface area (Å²) in [6.45, 7) is 2.50. The molecule has 3 aromatic rings. The summed E-state index contributed by atoms with van der Waals surface area (Å²) in [5.74, 6) is 0.543. The highest BCUT2D eigenvalue weighted by molar-refractivity contribution is 5.94. The molecule has 0 radical (unpaired) electrons. The van der Waals surface area contributed by atoms with Gasteiger partial charge in [-0.1, -0.05) is 43.3 Å². The molecule has 0 aliphatic heterocycles. The summed E-state index contributed by atoms with van der Waals surface area (Å²) in [4.78, 5) is 23.7. The number of anilines is 3. The van der Waals surface area contributed by atoms with Crippen LogP contribution in [0.4, 0.5) is 17.1 Å². The van der Waals surface area contributed by atoms with E-state index in [1.54, 1.807) is 13.0 Å². The van der Waals surface area contributed by atoms with Crippen LogP contribution in [0.3, 0.4) is 0 Å². The van der Waals surface area contributed by atoms with E-state index < -0.39 is 0 Å². The van der Waals surface area contributed by atoms with Gasteiger partial charge in [0, 0.05) is 29.9 Å². The van der Waals surface area contributed by atoms with Crippen LogP contribution in [0.2, 0.25) is 0 Å². The molecule has 3 rings (SSSR count). The standard InChI is InChI=1S/C25H27N3O3/c1-2-24(29)28-22-10-6-9-21(17-22)26-18-25(30)27-20-11-13-23(14-12-20)31-16-15-19-7-4-3-5-8-19/h3-14,17,26H,2,15-16,18H2,1H3,(H,27,30)(H,28,29). The molecule has 31 heavy (non-hydrogen) atoms. The number of hydrogen-bond donors (Lipinski definition) is 3. The van der Waals surface area contributed by atoms with E-state index in [0.717, 1.165) is 17.9 Å². The van der Waals surface area contributed by atoms with Crippen LogP contribution in [-0.2, 0) is 16.0 Å². The number of ether oxygens (including phenoxy) is 1. The Kier molecular flexibility index (Phi) is 8.05. The fourth-order valence-corrected chi connectivity index (χ4v) is 2.91. The molecule has 0 heterocycles. The lowest BCUT2D eigenvalue weighted by Crippen LogP contribution is -2.21. The van der Waals surface area contributed by atoms with Gasteiger partial charge in [-0.3, -0.25) is 9.59 Å². The highest BCUT2D eigenvalue weighted by Gasteiger charge is 2.05. The summed E-state index contributed by atoms with van der Waals surface area (Å²) < 4.78 is 5.77. The van der Waals surface area contributed by atoms with Crippen LogP contribution >= 0.6 is 0 Å². The summed E-state index contributed by atoms with van der Waals surface area (Å²) in [6.07, 6.45) is 1.26. The second-order valence-corrected chi connectivity index (χ2v) is 6.99. The van der Waals surface area contributed by atoms with Gasteiger partial charge >= 0.3 is 0 Å². The van der Waals surface area contributed by atoms with Crippen molar-refractivity contribution < 1.29 is 14.3 Å². The van der Waals surface area contributed by atoms with Crippen molar-refractivity contribution in [2.24, 2.45) is 0 Å². The number of hydrogen-bond acceptors (Lipinski definition) is 4. The monoisotopic (exact) mass is 417 g/mol. The van der Waals surface area contributed by atoms with Crippen molar-refractivity contribution in [1.82, 2.24) is 0 Å². The van der Waals surface area contributed by atoms with Crippen molar-refractivity contribution in [3.63, 3.8) is 0 Å². The van der Waals surface area contributed by atoms with Gasteiger partial charge in [0.05, 0.1) is 13.2 Å². The topological polar surface area (TPSA) is 79.5 Å². The van der Waals surface area contributed by atoms with E-state index in [1.807, 2.05) is 60.7 Å². The van der Waals surface area contributed by atoms with Crippen LogP contribution in [0.15, 0.2) is 78.9 Å². The van der Waals surface area contributed by atoms with E-state index in [1.165, 1.54) is 5.56 Å². The lowest BCUT2D eigenvalue weighted by atomic mass is 10.2. The Morgan fingerprint density at radius 2 is 1.48 bits per heavy atom. The van der Waals surface area contributed by atoms with Crippen LogP contribution in [0.25, 0.3) is 0 Å². The third-order valence-electron chi connectivity index (χ3n) is 4.56. The Labute approximate surface area is 182 Å². The largest absolute Gasteiger partial charge is 0.493 e. The van der Waals surface area contributed by atoms with Crippen LogP contribution in [0, 0.1) is 0 Å². The zero-order valence-corrected chi connectivity index (χ0v) is 17.6. The molecule has 0 saturated heterocycles. The maximum Gasteiger partial charge on any atom is 0.243 e. The van der Waals surface area contributed by atoms with Crippen molar-refractivity contribution >= 4 is 28.9 Å². The molecule has 3 aromatic carbocycles. The minimum Gasteiger partial charge on any atom is -0.493 e. The molecule has 0 aliphatic rings. The Hall–Kier alpha value is -3.80. The van der Waals surface area contributed by atoms with Crippen molar-refractivity contribution in [1.29, 1.82) is 0 Å². The minimum atomic E-state index is -0.166. The summed E-state index contributed by atoms with van der Waals surface area (Å²) in [5.41, 5.74) is 3.38. The minimum absolute atomic E-state index is 0.0533. The van der Waals surface area contributed by atoms with E-state index in [-0.39, 0.29) is 18.4 Å². The van der Waals surface area contributed by atoms with Crippen LogP contribution < -0.4 is 20.7 Å². The van der Waals surface area contributed by atoms with Gasteiger partial charge in [0.2, 0.25) is 11.8 Å². The van der Waals surface area contributed by atoms with Crippen molar-refractivity contribution in [3.8, 4) is 5.75 Å². The molecule has 6 heteroatoms. The molecule has 0 fully saturated rings. The first-order chi connectivity index (χ1) is 15.1. The van der Waals surface area contributed by atoms with Gasteiger partial charge in [-0.15, -0.1) is 0 Å². The number of carbonyl (C=O) groups excluding carboxylic acids is 2. The SMILES string of the molecule is CCC(=O)Nc1cccc(NCC(=O)Nc2ccc(OCCc3ccccc3)cc2)c1. The molecular formula is C25H27N3O3. The Morgan fingerprint density at radius 3 is 2.23 bits per heavy atom. The molecular weight excluding hydrogens is 390 g/mol. The maximum atomic E-state index is 12.2. The van der Waals surface area contributed by atoms with Gasteiger partial charge in [-0.25, -0.2) is 0 Å². The van der Waals surface area contributed by atoms with E-state index in [9.17, 15) is 9.59 Å². The number of rotatable bonds is 10. The summed E-state index contributed by atoms with van der Waals surface area (Å²) in [7, 11) is 0. The molecule has 6 nitrogen and oxygen atoms in total. The number of benzene rings is 3.